The third kappa shape index (κ3) is 6.48. The van der Waals surface area contributed by atoms with Crippen molar-refractivity contribution in [3.63, 3.8) is 0 Å². The molecule has 7 heteroatoms. The van der Waals surface area contributed by atoms with Crippen LogP contribution in [-0.4, -0.2) is 49.7 Å². The average molecular weight is 459 g/mol. The number of piperazine rings is 1. The van der Waals surface area contributed by atoms with Crippen LogP contribution >= 0.6 is 0 Å². The molecule has 1 saturated heterocycles. The van der Waals surface area contributed by atoms with Crippen LogP contribution in [0, 0.1) is 5.92 Å². The Morgan fingerprint density at radius 1 is 1.03 bits per heavy atom. The standard InChI is InChI=1S/C27H34N6O/c1-3-32-16-18-33(19-17-32)25-12-10-23(11-13-25)30-20(2)29-15-14-26(28)21-6-8-24(9-7-21)31-27(34)22-4-5-22/h6-15,22,30H,2-5,16-19,28H2,1H3,(H,31,34)/b26-14-,29-15-. The molecule has 1 aliphatic heterocycles. The molecule has 0 aromatic heterocycles. The monoisotopic (exact) mass is 458 g/mol. The van der Waals surface area contributed by atoms with Gasteiger partial charge < -0.3 is 26.2 Å². The summed E-state index contributed by atoms with van der Waals surface area (Å²) in [6.07, 6.45) is 5.35. The Bertz CT molecular complexity index is 1050. The SMILES string of the molecule is C=C(/N=C\C=C(/N)c1ccc(NC(=O)C2CC2)cc1)Nc1ccc(N2CCN(CC)CC2)cc1. The van der Waals surface area contributed by atoms with Gasteiger partial charge in [0.2, 0.25) is 5.91 Å². The number of amides is 1. The van der Waals surface area contributed by atoms with Crippen LogP contribution in [0.5, 0.6) is 0 Å². The minimum Gasteiger partial charge on any atom is -0.398 e. The third-order valence-electron chi connectivity index (χ3n) is 6.26. The van der Waals surface area contributed by atoms with Gasteiger partial charge in [-0.3, -0.25) is 4.79 Å². The molecule has 0 bridgehead atoms. The number of nitrogens with one attached hydrogen (secondary N) is 2. The number of anilines is 3. The molecule has 4 N–H and O–H groups in total. The lowest BCUT2D eigenvalue weighted by atomic mass is 10.1. The van der Waals surface area contributed by atoms with Gasteiger partial charge in [-0.1, -0.05) is 25.6 Å². The van der Waals surface area contributed by atoms with Crippen molar-refractivity contribution in [2.45, 2.75) is 19.8 Å². The molecule has 0 atom stereocenters. The fourth-order valence-electron chi connectivity index (χ4n) is 3.92. The Morgan fingerprint density at radius 2 is 1.65 bits per heavy atom. The van der Waals surface area contributed by atoms with E-state index in [1.807, 2.05) is 24.3 Å². The Balaban J connectivity index is 1.25. The van der Waals surface area contributed by atoms with Crippen molar-refractivity contribution >= 4 is 34.9 Å². The minimum absolute atomic E-state index is 0.0962. The van der Waals surface area contributed by atoms with Crippen LogP contribution in [0.25, 0.3) is 5.70 Å². The molecule has 0 spiro atoms. The number of hydrogen-bond acceptors (Lipinski definition) is 6. The highest BCUT2D eigenvalue weighted by Gasteiger charge is 2.29. The van der Waals surface area contributed by atoms with Gasteiger partial charge in [0.05, 0.1) is 0 Å². The Labute approximate surface area is 202 Å². The number of benzene rings is 2. The normalized spacial score (nSPS) is 17.1. The zero-order valence-corrected chi connectivity index (χ0v) is 19.8. The van der Waals surface area contributed by atoms with E-state index in [1.165, 1.54) is 5.69 Å². The highest BCUT2D eigenvalue weighted by molar-refractivity contribution is 5.94. The smallest absolute Gasteiger partial charge is 0.227 e. The fraction of sp³-hybridized carbons (Fsp3) is 0.333. The van der Waals surface area contributed by atoms with E-state index in [1.54, 1.807) is 12.3 Å². The van der Waals surface area contributed by atoms with Crippen molar-refractivity contribution in [2.75, 3.05) is 48.3 Å². The topological polar surface area (TPSA) is 86.0 Å². The molecule has 178 valence electrons. The number of rotatable bonds is 9. The van der Waals surface area contributed by atoms with Crippen LogP contribution in [0.15, 0.2) is 72.0 Å². The summed E-state index contributed by atoms with van der Waals surface area (Å²) in [5.74, 6) is 0.813. The highest BCUT2D eigenvalue weighted by atomic mass is 16.2. The minimum atomic E-state index is 0.0962. The number of nitrogens with zero attached hydrogens (tertiary/aromatic N) is 3. The maximum Gasteiger partial charge on any atom is 0.227 e. The summed E-state index contributed by atoms with van der Waals surface area (Å²) >= 11 is 0. The maximum absolute atomic E-state index is 11.9. The van der Waals surface area contributed by atoms with Gasteiger partial charge in [-0.2, -0.15) is 0 Å². The summed E-state index contributed by atoms with van der Waals surface area (Å²) < 4.78 is 0. The number of likely N-dealkylation sites (N-methyl/N-ethyl adjacent to an activating group) is 1. The number of hydrogen-bond donors (Lipinski definition) is 3. The second-order valence-corrected chi connectivity index (χ2v) is 8.78. The van der Waals surface area contributed by atoms with Crippen LogP contribution < -0.4 is 21.3 Å². The zero-order valence-electron chi connectivity index (χ0n) is 19.8. The van der Waals surface area contributed by atoms with E-state index in [2.05, 4.69) is 63.2 Å². The molecule has 2 aromatic rings. The van der Waals surface area contributed by atoms with Gasteiger partial charge in [0, 0.05) is 61.1 Å². The van der Waals surface area contributed by atoms with Crippen LogP contribution in [0.2, 0.25) is 0 Å². The van der Waals surface area contributed by atoms with E-state index in [0.717, 1.165) is 62.5 Å². The molecule has 0 unspecified atom stereocenters. The summed E-state index contributed by atoms with van der Waals surface area (Å²) in [5, 5.41) is 6.14. The molecule has 34 heavy (non-hydrogen) atoms. The Hall–Kier alpha value is -3.58. The van der Waals surface area contributed by atoms with Gasteiger partial charge in [-0.05, 0) is 67.4 Å². The third-order valence-corrected chi connectivity index (χ3v) is 6.26. The molecule has 1 heterocycles. The van der Waals surface area contributed by atoms with E-state index >= 15 is 0 Å². The lowest BCUT2D eigenvalue weighted by Crippen LogP contribution is -2.46. The molecule has 2 aliphatic rings. The molecule has 1 saturated carbocycles. The molecule has 4 rings (SSSR count). The van der Waals surface area contributed by atoms with Crippen molar-refractivity contribution in [3.05, 3.63) is 72.6 Å². The molecular weight excluding hydrogens is 424 g/mol. The van der Waals surface area contributed by atoms with Crippen LogP contribution in [0.4, 0.5) is 17.1 Å². The van der Waals surface area contributed by atoms with Gasteiger partial charge >= 0.3 is 0 Å². The number of allylic oxidation sites excluding steroid dienone is 1. The summed E-state index contributed by atoms with van der Waals surface area (Å²) in [5.41, 5.74) is 10.6. The number of carbonyl (C=O) groups is 1. The van der Waals surface area contributed by atoms with E-state index < -0.39 is 0 Å². The summed E-state index contributed by atoms with van der Waals surface area (Å²) in [7, 11) is 0. The van der Waals surface area contributed by atoms with Crippen LogP contribution in [0.1, 0.15) is 25.3 Å². The van der Waals surface area contributed by atoms with Gasteiger partial charge in [0.25, 0.3) is 0 Å². The molecule has 7 nitrogen and oxygen atoms in total. The van der Waals surface area contributed by atoms with Crippen molar-refractivity contribution in [1.82, 2.24) is 4.90 Å². The first-order valence-corrected chi connectivity index (χ1v) is 12.0. The van der Waals surface area contributed by atoms with E-state index in [0.29, 0.717) is 11.5 Å². The number of nitrogens with two attached hydrogens (primary N) is 1. The summed E-state index contributed by atoms with van der Waals surface area (Å²) in [6, 6.07) is 15.9. The van der Waals surface area contributed by atoms with Gasteiger partial charge in [0.1, 0.15) is 5.82 Å². The highest BCUT2D eigenvalue weighted by Crippen LogP contribution is 2.30. The van der Waals surface area contributed by atoms with Gasteiger partial charge in [0.15, 0.2) is 0 Å². The largest absolute Gasteiger partial charge is 0.398 e. The van der Waals surface area contributed by atoms with Crippen molar-refractivity contribution < 1.29 is 4.79 Å². The zero-order chi connectivity index (χ0) is 23.9. The summed E-state index contributed by atoms with van der Waals surface area (Å²) in [4.78, 5) is 21.1. The molecule has 1 aliphatic carbocycles. The number of aliphatic imine (C=N–C) groups is 1. The van der Waals surface area contributed by atoms with E-state index in [4.69, 9.17) is 5.73 Å². The average Bonchev–Trinajstić information content (AvgIpc) is 3.71. The molecule has 1 amide bonds. The van der Waals surface area contributed by atoms with Crippen LogP contribution in [-0.2, 0) is 4.79 Å². The van der Waals surface area contributed by atoms with E-state index in [9.17, 15) is 4.79 Å². The molecular formula is C27H34N6O. The summed E-state index contributed by atoms with van der Waals surface area (Å²) in [6.45, 7) is 11.6. The Morgan fingerprint density at radius 3 is 2.26 bits per heavy atom. The van der Waals surface area contributed by atoms with Gasteiger partial charge in [-0.15, -0.1) is 0 Å². The first-order chi connectivity index (χ1) is 16.5. The first-order valence-electron chi connectivity index (χ1n) is 12.0. The fourth-order valence-corrected chi connectivity index (χ4v) is 3.92. The number of carbonyl (C=O) groups excluding carboxylic acids is 1. The lowest BCUT2D eigenvalue weighted by molar-refractivity contribution is -0.117. The van der Waals surface area contributed by atoms with Gasteiger partial charge in [-0.25, -0.2) is 4.99 Å². The Kier molecular flexibility index (Phi) is 7.65. The van der Waals surface area contributed by atoms with Crippen molar-refractivity contribution in [3.8, 4) is 0 Å². The first kappa shape index (κ1) is 23.6. The quantitative estimate of drug-likeness (QED) is 0.492. The van der Waals surface area contributed by atoms with E-state index in [-0.39, 0.29) is 11.8 Å². The molecule has 2 fully saturated rings. The lowest BCUT2D eigenvalue weighted by Gasteiger charge is -2.35. The van der Waals surface area contributed by atoms with Crippen molar-refractivity contribution in [1.29, 1.82) is 0 Å². The van der Waals surface area contributed by atoms with Crippen LogP contribution in [0.3, 0.4) is 0 Å². The predicted octanol–water partition coefficient (Wildman–Crippen LogP) is 4.13. The predicted molar refractivity (Wildman–Crippen MR) is 142 cm³/mol. The molecule has 2 aromatic carbocycles. The maximum atomic E-state index is 11.9. The second kappa shape index (κ2) is 11.0. The molecule has 0 radical (unpaired) electrons. The van der Waals surface area contributed by atoms with Crippen molar-refractivity contribution in [2.24, 2.45) is 16.6 Å². The second-order valence-electron chi connectivity index (χ2n) is 8.78.